The summed E-state index contributed by atoms with van der Waals surface area (Å²) >= 11 is 0. The number of esters is 3. The fourth-order valence-electron chi connectivity index (χ4n) is 2.32. The molecule has 0 radical (unpaired) electrons. The van der Waals surface area contributed by atoms with E-state index in [0.717, 1.165) is 0 Å². The standard InChI is InChI=1S/C16H23NO6/c1-8(2)7-23-16(20)13-11(14(18)21-5)9(3)17-10(4)12(13)15(19)22-6/h8,13,17H,7H2,1-6H3. The van der Waals surface area contributed by atoms with Crippen LogP contribution in [0.2, 0.25) is 0 Å². The van der Waals surface area contributed by atoms with Crippen molar-refractivity contribution in [3.63, 3.8) is 0 Å². The summed E-state index contributed by atoms with van der Waals surface area (Å²) in [6.45, 7) is 7.23. The zero-order valence-corrected chi connectivity index (χ0v) is 14.3. The van der Waals surface area contributed by atoms with Gasteiger partial charge in [0.15, 0.2) is 0 Å². The molecule has 0 bridgehead atoms. The van der Waals surface area contributed by atoms with E-state index in [9.17, 15) is 14.4 Å². The number of allylic oxidation sites excluding steroid dienone is 2. The largest absolute Gasteiger partial charge is 0.466 e. The molecular weight excluding hydrogens is 302 g/mol. The topological polar surface area (TPSA) is 90.9 Å². The second kappa shape index (κ2) is 7.80. The predicted molar refractivity (Wildman–Crippen MR) is 81.9 cm³/mol. The molecule has 0 amide bonds. The average molecular weight is 325 g/mol. The Bertz CT molecular complexity index is 535. The Kier molecular flexibility index (Phi) is 6.36. The van der Waals surface area contributed by atoms with E-state index in [1.54, 1.807) is 13.8 Å². The molecule has 1 heterocycles. The zero-order valence-electron chi connectivity index (χ0n) is 14.3. The molecule has 1 rings (SSSR count). The summed E-state index contributed by atoms with van der Waals surface area (Å²) in [6.07, 6.45) is 0. The molecule has 23 heavy (non-hydrogen) atoms. The number of hydrogen-bond acceptors (Lipinski definition) is 7. The van der Waals surface area contributed by atoms with Crippen molar-refractivity contribution in [3.8, 4) is 0 Å². The highest BCUT2D eigenvalue weighted by atomic mass is 16.5. The van der Waals surface area contributed by atoms with Crippen molar-refractivity contribution in [3.05, 3.63) is 22.5 Å². The van der Waals surface area contributed by atoms with Gasteiger partial charge in [-0.25, -0.2) is 9.59 Å². The van der Waals surface area contributed by atoms with Gasteiger partial charge < -0.3 is 19.5 Å². The number of hydrogen-bond donors (Lipinski definition) is 1. The molecule has 0 saturated heterocycles. The smallest absolute Gasteiger partial charge is 0.336 e. The van der Waals surface area contributed by atoms with E-state index in [1.807, 2.05) is 13.8 Å². The minimum absolute atomic E-state index is 0.0484. The second-order valence-corrected chi connectivity index (χ2v) is 5.64. The van der Waals surface area contributed by atoms with Gasteiger partial charge in [0.1, 0.15) is 5.92 Å². The van der Waals surface area contributed by atoms with Gasteiger partial charge in [-0.2, -0.15) is 0 Å². The SMILES string of the molecule is COC(=O)C1=C(C)NC(C)=C(C(=O)OC)C1C(=O)OCC(C)C. The molecule has 7 heteroatoms. The maximum absolute atomic E-state index is 12.5. The fraction of sp³-hybridized carbons (Fsp3) is 0.562. The number of carbonyl (C=O) groups excluding carboxylic acids is 3. The Morgan fingerprint density at radius 2 is 1.43 bits per heavy atom. The van der Waals surface area contributed by atoms with Gasteiger partial charge in [-0.05, 0) is 19.8 Å². The average Bonchev–Trinajstić information content (AvgIpc) is 2.50. The summed E-state index contributed by atoms with van der Waals surface area (Å²) in [5.41, 5.74) is 0.974. The van der Waals surface area contributed by atoms with E-state index in [4.69, 9.17) is 14.2 Å². The van der Waals surface area contributed by atoms with Crippen LogP contribution in [0, 0.1) is 11.8 Å². The Morgan fingerprint density at radius 1 is 1.00 bits per heavy atom. The first-order chi connectivity index (χ1) is 10.7. The van der Waals surface area contributed by atoms with Crippen LogP contribution in [0.5, 0.6) is 0 Å². The molecule has 0 atom stereocenters. The summed E-state index contributed by atoms with van der Waals surface area (Å²) in [5.74, 6) is -3.13. The number of dihydropyridines is 1. The van der Waals surface area contributed by atoms with Crippen molar-refractivity contribution < 1.29 is 28.6 Å². The van der Waals surface area contributed by atoms with Crippen molar-refractivity contribution in [2.45, 2.75) is 27.7 Å². The van der Waals surface area contributed by atoms with Crippen LogP contribution in [-0.4, -0.2) is 38.7 Å². The molecule has 1 N–H and O–H groups in total. The summed E-state index contributed by atoms with van der Waals surface area (Å²) in [6, 6.07) is 0. The lowest BCUT2D eigenvalue weighted by atomic mass is 9.85. The maximum Gasteiger partial charge on any atom is 0.336 e. The van der Waals surface area contributed by atoms with Gasteiger partial charge in [-0.15, -0.1) is 0 Å². The molecule has 7 nitrogen and oxygen atoms in total. The molecule has 1 aliphatic rings. The molecule has 0 aromatic rings. The van der Waals surface area contributed by atoms with Gasteiger partial charge in [-0.1, -0.05) is 13.8 Å². The van der Waals surface area contributed by atoms with Gasteiger partial charge in [0.2, 0.25) is 0 Å². The molecule has 0 aliphatic carbocycles. The molecule has 0 spiro atoms. The molecule has 0 aromatic carbocycles. The summed E-state index contributed by atoms with van der Waals surface area (Å²) in [5, 5.41) is 2.91. The third kappa shape index (κ3) is 4.12. The first kappa shape index (κ1) is 18.7. The summed E-state index contributed by atoms with van der Waals surface area (Å²) in [4.78, 5) is 36.7. The van der Waals surface area contributed by atoms with Crippen molar-refractivity contribution in [1.29, 1.82) is 0 Å². The van der Waals surface area contributed by atoms with E-state index < -0.39 is 23.8 Å². The van der Waals surface area contributed by atoms with Crippen molar-refractivity contribution in [1.82, 2.24) is 5.32 Å². The van der Waals surface area contributed by atoms with Crippen LogP contribution in [0.25, 0.3) is 0 Å². The van der Waals surface area contributed by atoms with Crippen LogP contribution in [0.3, 0.4) is 0 Å². The monoisotopic (exact) mass is 325 g/mol. The molecule has 0 fully saturated rings. The first-order valence-corrected chi connectivity index (χ1v) is 7.26. The van der Waals surface area contributed by atoms with E-state index in [0.29, 0.717) is 11.4 Å². The quantitative estimate of drug-likeness (QED) is 0.602. The van der Waals surface area contributed by atoms with Crippen LogP contribution < -0.4 is 5.32 Å². The molecule has 128 valence electrons. The Hall–Kier alpha value is -2.31. The lowest BCUT2D eigenvalue weighted by Crippen LogP contribution is -2.38. The van der Waals surface area contributed by atoms with Gasteiger partial charge >= 0.3 is 17.9 Å². The highest BCUT2D eigenvalue weighted by Crippen LogP contribution is 2.32. The van der Waals surface area contributed by atoms with Crippen LogP contribution in [0.1, 0.15) is 27.7 Å². The van der Waals surface area contributed by atoms with Crippen molar-refractivity contribution in [2.75, 3.05) is 20.8 Å². The summed E-state index contributed by atoms with van der Waals surface area (Å²) < 4.78 is 14.7. The van der Waals surface area contributed by atoms with Crippen LogP contribution in [0.15, 0.2) is 22.5 Å². The fourth-order valence-corrected chi connectivity index (χ4v) is 2.32. The van der Waals surface area contributed by atoms with Crippen molar-refractivity contribution >= 4 is 17.9 Å². The second-order valence-electron chi connectivity index (χ2n) is 5.64. The van der Waals surface area contributed by atoms with Crippen LogP contribution >= 0.6 is 0 Å². The number of ether oxygens (including phenoxy) is 3. The highest BCUT2D eigenvalue weighted by molar-refractivity contribution is 6.05. The lowest BCUT2D eigenvalue weighted by molar-refractivity contribution is -0.151. The Balaban J connectivity index is 3.34. The first-order valence-electron chi connectivity index (χ1n) is 7.26. The third-order valence-corrected chi connectivity index (χ3v) is 3.37. The molecule has 0 unspecified atom stereocenters. The van der Waals surface area contributed by atoms with E-state index in [1.165, 1.54) is 14.2 Å². The number of rotatable bonds is 5. The molecule has 1 aliphatic heterocycles. The third-order valence-electron chi connectivity index (χ3n) is 3.37. The normalized spacial score (nSPS) is 15.4. The molecular formula is C16H23NO6. The number of nitrogens with one attached hydrogen (secondary N) is 1. The zero-order chi connectivity index (χ0) is 17.7. The van der Waals surface area contributed by atoms with Gasteiger partial charge in [0, 0.05) is 11.4 Å². The highest BCUT2D eigenvalue weighted by Gasteiger charge is 2.42. The molecule has 0 saturated carbocycles. The van der Waals surface area contributed by atoms with E-state index >= 15 is 0 Å². The van der Waals surface area contributed by atoms with E-state index in [-0.39, 0.29) is 23.7 Å². The van der Waals surface area contributed by atoms with Gasteiger partial charge in [-0.3, -0.25) is 4.79 Å². The minimum atomic E-state index is -1.17. The van der Waals surface area contributed by atoms with Crippen molar-refractivity contribution in [2.24, 2.45) is 11.8 Å². The van der Waals surface area contributed by atoms with Gasteiger partial charge in [0.25, 0.3) is 0 Å². The minimum Gasteiger partial charge on any atom is -0.466 e. The predicted octanol–water partition coefficient (Wildman–Crippen LogP) is 1.30. The lowest BCUT2D eigenvalue weighted by Gasteiger charge is -2.28. The number of methoxy groups -OCH3 is 2. The Morgan fingerprint density at radius 3 is 1.78 bits per heavy atom. The molecule has 0 aromatic heterocycles. The summed E-state index contributed by atoms with van der Waals surface area (Å²) in [7, 11) is 2.42. The number of carbonyl (C=O) groups is 3. The van der Waals surface area contributed by atoms with E-state index in [2.05, 4.69) is 5.32 Å². The van der Waals surface area contributed by atoms with Crippen LogP contribution in [-0.2, 0) is 28.6 Å². The maximum atomic E-state index is 12.5. The van der Waals surface area contributed by atoms with Gasteiger partial charge in [0.05, 0.1) is 32.0 Å². The Labute approximate surface area is 135 Å². The van der Waals surface area contributed by atoms with Crippen LogP contribution in [0.4, 0.5) is 0 Å².